The first-order chi connectivity index (χ1) is 16.9. The Kier molecular flexibility index (Phi) is 8.04. The Morgan fingerprint density at radius 3 is 2.57 bits per heavy atom. The third-order valence-electron chi connectivity index (χ3n) is 6.40. The van der Waals surface area contributed by atoms with Crippen LogP contribution in [0.5, 0.6) is 5.75 Å². The highest BCUT2D eigenvalue weighted by molar-refractivity contribution is 7.89. The Morgan fingerprint density at radius 2 is 1.86 bits per heavy atom. The zero-order valence-corrected chi connectivity index (χ0v) is 20.6. The largest absolute Gasteiger partial charge is 0.497 e. The molecule has 2 aromatic rings. The first-order valence-corrected chi connectivity index (χ1v) is 13.3. The number of hydrogen-bond acceptors (Lipinski definition) is 6. The van der Waals surface area contributed by atoms with Crippen molar-refractivity contribution in [3.05, 3.63) is 54.1 Å². The fourth-order valence-electron chi connectivity index (χ4n) is 4.40. The highest BCUT2D eigenvalue weighted by Gasteiger charge is 2.33. The van der Waals surface area contributed by atoms with Crippen LogP contribution in [0.2, 0.25) is 0 Å². The van der Waals surface area contributed by atoms with Crippen LogP contribution in [-0.2, 0) is 19.6 Å². The van der Waals surface area contributed by atoms with E-state index in [4.69, 9.17) is 9.47 Å². The second-order valence-electron chi connectivity index (χ2n) is 8.76. The average molecular weight is 502 g/mol. The Labute approximate surface area is 205 Å². The molecule has 2 fully saturated rings. The highest BCUT2D eigenvalue weighted by Crippen LogP contribution is 2.26. The lowest BCUT2D eigenvalue weighted by Gasteiger charge is -2.31. The molecule has 2 saturated heterocycles. The number of amides is 2. The van der Waals surface area contributed by atoms with E-state index in [2.05, 4.69) is 10.6 Å². The van der Waals surface area contributed by atoms with E-state index in [-0.39, 0.29) is 29.4 Å². The number of nitrogens with one attached hydrogen (secondary N) is 2. The first kappa shape index (κ1) is 25.2. The molecule has 2 amide bonds. The fraction of sp³-hybridized carbons (Fsp3) is 0.440. The maximum atomic E-state index is 13.1. The normalized spacial score (nSPS) is 20.8. The van der Waals surface area contributed by atoms with Gasteiger partial charge in [0.25, 0.3) is 5.91 Å². The number of benzene rings is 2. The van der Waals surface area contributed by atoms with Crippen LogP contribution in [0.15, 0.2) is 53.4 Å². The van der Waals surface area contributed by atoms with Crippen molar-refractivity contribution >= 4 is 27.5 Å². The van der Waals surface area contributed by atoms with Crippen LogP contribution in [0.3, 0.4) is 0 Å². The van der Waals surface area contributed by atoms with Crippen LogP contribution >= 0.6 is 0 Å². The summed E-state index contributed by atoms with van der Waals surface area (Å²) in [6.45, 7) is 1.55. The van der Waals surface area contributed by atoms with Gasteiger partial charge in [-0.3, -0.25) is 9.59 Å². The molecule has 0 unspecified atom stereocenters. The molecule has 2 heterocycles. The van der Waals surface area contributed by atoms with Gasteiger partial charge in [0.1, 0.15) is 5.75 Å². The van der Waals surface area contributed by atoms with E-state index in [1.54, 1.807) is 36.4 Å². The van der Waals surface area contributed by atoms with Crippen molar-refractivity contribution in [1.82, 2.24) is 9.62 Å². The number of methoxy groups -OCH3 is 1. The summed E-state index contributed by atoms with van der Waals surface area (Å²) in [7, 11) is -2.22. The SMILES string of the molecule is COc1ccc(S(=O)(=O)N2CCC[C@H](C(=O)Nc3ccccc3C(=O)NC[C@H]3CCCO3)C2)cc1. The number of carbonyl (C=O) groups excluding carboxylic acids is 2. The number of para-hydroxylation sites is 1. The second-order valence-corrected chi connectivity index (χ2v) is 10.7. The Morgan fingerprint density at radius 1 is 1.09 bits per heavy atom. The molecule has 0 saturated carbocycles. The smallest absolute Gasteiger partial charge is 0.253 e. The van der Waals surface area contributed by atoms with Crippen LogP contribution < -0.4 is 15.4 Å². The van der Waals surface area contributed by atoms with Crippen LogP contribution in [0, 0.1) is 5.92 Å². The van der Waals surface area contributed by atoms with Gasteiger partial charge in [-0.1, -0.05) is 12.1 Å². The van der Waals surface area contributed by atoms with Gasteiger partial charge in [-0.25, -0.2) is 8.42 Å². The van der Waals surface area contributed by atoms with Crippen molar-refractivity contribution in [2.24, 2.45) is 5.92 Å². The van der Waals surface area contributed by atoms with Crippen molar-refractivity contribution in [3.63, 3.8) is 0 Å². The molecular weight excluding hydrogens is 470 g/mol. The van der Waals surface area contributed by atoms with Crippen LogP contribution in [-0.4, -0.2) is 64.0 Å². The molecule has 4 rings (SSSR count). The summed E-state index contributed by atoms with van der Waals surface area (Å²) >= 11 is 0. The van der Waals surface area contributed by atoms with Crippen LogP contribution in [0.25, 0.3) is 0 Å². The number of hydrogen-bond donors (Lipinski definition) is 2. The molecule has 0 aromatic heterocycles. The molecule has 0 radical (unpaired) electrons. The van der Waals surface area contributed by atoms with E-state index < -0.39 is 15.9 Å². The Hall–Kier alpha value is -2.95. The van der Waals surface area contributed by atoms with E-state index in [9.17, 15) is 18.0 Å². The molecule has 2 aromatic carbocycles. The minimum absolute atomic E-state index is 0.0153. The predicted molar refractivity (Wildman–Crippen MR) is 131 cm³/mol. The molecule has 188 valence electrons. The maximum Gasteiger partial charge on any atom is 0.253 e. The summed E-state index contributed by atoms with van der Waals surface area (Å²) in [5, 5.41) is 5.72. The van der Waals surface area contributed by atoms with Gasteiger partial charge >= 0.3 is 0 Å². The number of rotatable bonds is 8. The lowest BCUT2D eigenvalue weighted by molar-refractivity contribution is -0.120. The average Bonchev–Trinajstić information content (AvgIpc) is 3.41. The first-order valence-electron chi connectivity index (χ1n) is 11.8. The van der Waals surface area contributed by atoms with Crippen LogP contribution in [0.1, 0.15) is 36.0 Å². The zero-order valence-electron chi connectivity index (χ0n) is 19.7. The molecule has 35 heavy (non-hydrogen) atoms. The van der Waals surface area contributed by atoms with Gasteiger partial charge in [0.2, 0.25) is 15.9 Å². The van der Waals surface area contributed by atoms with Crippen molar-refractivity contribution in [1.29, 1.82) is 0 Å². The predicted octanol–water partition coefficient (Wildman–Crippen LogP) is 2.64. The maximum absolute atomic E-state index is 13.1. The number of sulfonamides is 1. The monoisotopic (exact) mass is 501 g/mol. The fourth-order valence-corrected chi connectivity index (χ4v) is 5.93. The highest BCUT2D eigenvalue weighted by atomic mass is 32.2. The molecule has 2 aliphatic rings. The Balaban J connectivity index is 1.41. The minimum atomic E-state index is -3.74. The standard InChI is InChI=1S/C25H31N3O6S/c1-33-19-10-12-21(13-11-19)35(31,32)28-14-4-6-18(17-28)24(29)27-23-9-3-2-8-22(23)25(30)26-16-20-7-5-15-34-20/h2-3,8-13,18,20H,4-7,14-17H2,1H3,(H,26,30)(H,27,29)/t18-,20+/m0/s1. The molecule has 0 spiro atoms. The molecule has 0 bridgehead atoms. The van der Waals surface area contributed by atoms with Crippen molar-refractivity contribution in [2.45, 2.75) is 36.7 Å². The summed E-state index contributed by atoms with van der Waals surface area (Å²) in [6.07, 6.45) is 3.04. The third-order valence-corrected chi connectivity index (χ3v) is 8.28. The second kappa shape index (κ2) is 11.2. The molecule has 10 heteroatoms. The summed E-state index contributed by atoms with van der Waals surface area (Å²) in [5.74, 6) is -0.555. The zero-order chi connectivity index (χ0) is 24.8. The van der Waals surface area contributed by atoms with E-state index >= 15 is 0 Å². The van der Waals surface area contributed by atoms with Crippen molar-refractivity contribution < 1.29 is 27.5 Å². The molecule has 9 nitrogen and oxygen atoms in total. The van der Waals surface area contributed by atoms with E-state index in [0.717, 1.165) is 12.8 Å². The van der Waals surface area contributed by atoms with Gasteiger partial charge in [-0.2, -0.15) is 4.31 Å². The number of ether oxygens (including phenoxy) is 2. The summed E-state index contributed by atoms with van der Waals surface area (Å²) in [4.78, 5) is 26.0. The number of anilines is 1. The molecule has 2 N–H and O–H groups in total. The van der Waals surface area contributed by atoms with Gasteiger partial charge in [0.15, 0.2) is 0 Å². The van der Waals surface area contributed by atoms with Crippen molar-refractivity contribution in [3.8, 4) is 5.75 Å². The number of piperidine rings is 1. The molecule has 2 atom stereocenters. The Bertz CT molecular complexity index is 1150. The van der Waals surface area contributed by atoms with Crippen LogP contribution in [0.4, 0.5) is 5.69 Å². The molecule has 0 aliphatic carbocycles. The topological polar surface area (TPSA) is 114 Å². The van der Waals surface area contributed by atoms with E-state index in [1.807, 2.05) is 0 Å². The third kappa shape index (κ3) is 6.01. The van der Waals surface area contributed by atoms with Crippen molar-refractivity contribution in [2.75, 3.05) is 38.7 Å². The van der Waals surface area contributed by atoms with Gasteiger partial charge in [-0.15, -0.1) is 0 Å². The van der Waals surface area contributed by atoms with E-state index in [1.165, 1.54) is 23.5 Å². The van der Waals surface area contributed by atoms with E-state index in [0.29, 0.717) is 49.5 Å². The van der Waals surface area contributed by atoms with Gasteiger partial charge < -0.3 is 20.1 Å². The summed E-state index contributed by atoms with van der Waals surface area (Å²) in [6, 6.07) is 13.0. The molecule has 2 aliphatic heterocycles. The lowest BCUT2D eigenvalue weighted by atomic mass is 9.98. The van der Waals surface area contributed by atoms with Gasteiger partial charge in [-0.05, 0) is 62.1 Å². The van der Waals surface area contributed by atoms with Gasteiger partial charge in [0.05, 0.1) is 35.3 Å². The summed E-state index contributed by atoms with van der Waals surface area (Å²) < 4.78 is 38.3. The quantitative estimate of drug-likeness (QED) is 0.575. The minimum Gasteiger partial charge on any atom is -0.497 e. The number of carbonyl (C=O) groups is 2. The summed E-state index contributed by atoms with van der Waals surface area (Å²) in [5.41, 5.74) is 0.759. The van der Waals surface area contributed by atoms with Gasteiger partial charge in [0, 0.05) is 26.2 Å². The number of nitrogens with zero attached hydrogens (tertiary/aromatic N) is 1. The molecular formula is C25H31N3O6S. The lowest BCUT2D eigenvalue weighted by Crippen LogP contribution is -2.43.